The minimum atomic E-state index is -0.884. The number of benzene rings is 2. The number of carbonyl (C=O) groups is 3. The summed E-state index contributed by atoms with van der Waals surface area (Å²) >= 11 is 1.22. The molecule has 2 amide bonds. The van der Waals surface area contributed by atoms with Crippen molar-refractivity contribution in [2.45, 2.75) is 0 Å². The summed E-state index contributed by atoms with van der Waals surface area (Å²) in [6, 6.07) is 18.5. The van der Waals surface area contributed by atoms with Crippen LogP contribution in [0, 0.1) is 0 Å². The van der Waals surface area contributed by atoms with E-state index in [0.717, 1.165) is 4.68 Å². The molecule has 32 heavy (non-hydrogen) atoms. The smallest absolute Gasteiger partial charge is 0.359 e. The van der Waals surface area contributed by atoms with Gasteiger partial charge in [-0.3, -0.25) is 25.2 Å². The third-order valence-corrected chi connectivity index (χ3v) is 5.26. The van der Waals surface area contributed by atoms with Gasteiger partial charge in [-0.25, -0.2) is 4.79 Å². The molecule has 0 bridgehead atoms. The molecule has 4 rings (SSSR count). The lowest BCUT2D eigenvalue weighted by molar-refractivity contribution is -0.125. The molecule has 2 N–H and O–H groups in total. The number of thiophene rings is 1. The van der Waals surface area contributed by atoms with Crippen LogP contribution in [-0.4, -0.2) is 34.2 Å². The highest BCUT2D eigenvalue weighted by Crippen LogP contribution is 2.16. The second-order valence-electron chi connectivity index (χ2n) is 6.50. The Kier molecular flexibility index (Phi) is 6.04. The highest BCUT2D eigenvalue weighted by molar-refractivity contribution is 7.12. The van der Waals surface area contributed by atoms with E-state index in [1.165, 1.54) is 11.3 Å². The van der Waals surface area contributed by atoms with E-state index >= 15 is 0 Å². The lowest BCUT2D eigenvalue weighted by Crippen LogP contribution is -2.43. The molecule has 2 aromatic heterocycles. The van der Waals surface area contributed by atoms with Crippen LogP contribution in [0.5, 0.6) is 0 Å². The van der Waals surface area contributed by atoms with Gasteiger partial charge in [-0.2, -0.15) is 9.78 Å². The fraction of sp³-hybridized carbons (Fsp3) is 0.0455. The average Bonchev–Trinajstić information content (AvgIpc) is 3.37. The van der Waals surface area contributed by atoms with Gasteiger partial charge in [0.15, 0.2) is 12.3 Å². The molecule has 10 heteroatoms. The Morgan fingerprint density at radius 2 is 1.62 bits per heavy atom. The molecule has 0 atom stereocenters. The van der Waals surface area contributed by atoms with Crippen LogP contribution in [0.4, 0.5) is 0 Å². The van der Waals surface area contributed by atoms with E-state index in [1.807, 2.05) is 0 Å². The molecule has 0 radical (unpaired) electrons. The number of rotatable bonds is 5. The van der Waals surface area contributed by atoms with Crippen LogP contribution in [0.3, 0.4) is 0 Å². The van der Waals surface area contributed by atoms with E-state index in [9.17, 15) is 19.2 Å². The maximum absolute atomic E-state index is 12.9. The molecular weight excluding hydrogens is 432 g/mol. The highest BCUT2D eigenvalue weighted by Gasteiger charge is 2.20. The van der Waals surface area contributed by atoms with Gasteiger partial charge in [0.1, 0.15) is 0 Å². The van der Waals surface area contributed by atoms with Gasteiger partial charge in [-0.05, 0) is 29.6 Å². The minimum Gasteiger partial charge on any atom is -0.451 e. The first-order chi connectivity index (χ1) is 15.5. The predicted octanol–water partition coefficient (Wildman–Crippen LogP) is 2.07. The first-order valence-electron chi connectivity index (χ1n) is 9.42. The van der Waals surface area contributed by atoms with Crippen LogP contribution in [-0.2, 0) is 9.53 Å². The van der Waals surface area contributed by atoms with E-state index in [1.54, 1.807) is 72.1 Å². The third-order valence-electron chi connectivity index (χ3n) is 4.39. The minimum absolute atomic E-state index is 0.112. The normalized spacial score (nSPS) is 10.5. The van der Waals surface area contributed by atoms with Crippen LogP contribution in [0.25, 0.3) is 16.5 Å². The lowest BCUT2D eigenvalue weighted by Gasteiger charge is -2.11. The number of hydrogen-bond acceptors (Lipinski definition) is 7. The zero-order valence-corrected chi connectivity index (χ0v) is 17.3. The molecule has 0 saturated carbocycles. The molecule has 2 heterocycles. The number of hydrazine groups is 1. The number of ether oxygens (including phenoxy) is 1. The van der Waals surface area contributed by atoms with E-state index in [0.29, 0.717) is 16.0 Å². The molecule has 0 aliphatic carbocycles. The molecule has 9 nitrogen and oxygen atoms in total. The number of para-hydroxylation sites is 1. The Labute approximate surface area is 185 Å². The lowest BCUT2D eigenvalue weighted by atomic mass is 10.1. The molecular formula is C22H16N4O5S. The summed E-state index contributed by atoms with van der Waals surface area (Å²) < 4.78 is 6.19. The third kappa shape index (κ3) is 4.40. The Bertz CT molecular complexity index is 1350. The number of amides is 2. The molecule has 0 aliphatic rings. The fourth-order valence-corrected chi connectivity index (χ4v) is 3.53. The molecule has 4 aromatic rings. The van der Waals surface area contributed by atoms with Gasteiger partial charge in [-0.15, -0.1) is 11.3 Å². The standard InChI is InChI=1S/C22H16N4O5S/c27-18(23-24-20(28)17-11-6-12-32-17)13-31-22(30)19-15-9-4-5-10-16(15)21(29)26(25-19)14-7-2-1-3-8-14/h1-12H,13H2,(H,23,27)(H,24,28). The van der Waals surface area contributed by atoms with Gasteiger partial charge in [0.05, 0.1) is 16.0 Å². The van der Waals surface area contributed by atoms with Crippen LogP contribution < -0.4 is 16.4 Å². The van der Waals surface area contributed by atoms with Crippen molar-refractivity contribution in [3.63, 3.8) is 0 Å². The zero-order valence-electron chi connectivity index (χ0n) is 16.5. The summed E-state index contributed by atoms with van der Waals surface area (Å²) in [5.74, 6) is -2.10. The number of aromatic nitrogens is 2. The monoisotopic (exact) mass is 448 g/mol. The van der Waals surface area contributed by atoms with E-state index < -0.39 is 29.9 Å². The first-order valence-corrected chi connectivity index (χ1v) is 10.3. The fourth-order valence-electron chi connectivity index (χ4n) is 2.92. The van der Waals surface area contributed by atoms with Gasteiger partial charge in [0.2, 0.25) is 0 Å². The second kappa shape index (κ2) is 9.23. The summed E-state index contributed by atoms with van der Waals surface area (Å²) in [7, 11) is 0. The summed E-state index contributed by atoms with van der Waals surface area (Å²) in [6.07, 6.45) is 0. The number of fused-ring (bicyclic) bond motifs is 1. The van der Waals surface area contributed by atoms with Crippen LogP contribution in [0.2, 0.25) is 0 Å². The van der Waals surface area contributed by atoms with Gasteiger partial charge >= 0.3 is 5.97 Å². The van der Waals surface area contributed by atoms with Gasteiger partial charge in [-0.1, -0.05) is 42.5 Å². The van der Waals surface area contributed by atoms with Gasteiger partial charge in [0, 0.05) is 5.39 Å². The number of hydrogen-bond donors (Lipinski definition) is 2. The zero-order chi connectivity index (χ0) is 22.5. The maximum atomic E-state index is 12.9. The Morgan fingerprint density at radius 3 is 2.34 bits per heavy atom. The topological polar surface area (TPSA) is 119 Å². The van der Waals surface area contributed by atoms with Crippen LogP contribution in [0.15, 0.2) is 76.9 Å². The number of carbonyl (C=O) groups excluding carboxylic acids is 3. The van der Waals surface area contributed by atoms with Crippen molar-refractivity contribution < 1.29 is 19.1 Å². The molecule has 0 saturated heterocycles. The van der Waals surface area contributed by atoms with Crippen molar-refractivity contribution in [1.82, 2.24) is 20.6 Å². The van der Waals surface area contributed by atoms with Crippen molar-refractivity contribution in [1.29, 1.82) is 0 Å². The van der Waals surface area contributed by atoms with E-state index in [2.05, 4.69) is 16.0 Å². The summed E-state index contributed by atoms with van der Waals surface area (Å²) in [6.45, 7) is -0.649. The van der Waals surface area contributed by atoms with Crippen molar-refractivity contribution in [2.24, 2.45) is 0 Å². The van der Waals surface area contributed by atoms with Gasteiger partial charge < -0.3 is 4.74 Å². The predicted molar refractivity (Wildman–Crippen MR) is 118 cm³/mol. The Balaban J connectivity index is 1.52. The quantitative estimate of drug-likeness (QED) is 0.356. The first kappa shape index (κ1) is 20.9. The Morgan fingerprint density at radius 1 is 0.906 bits per heavy atom. The SMILES string of the molecule is O=C(COC(=O)c1nn(-c2ccccc2)c(=O)c2ccccc12)NNC(=O)c1cccs1. The molecule has 2 aromatic carbocycles. The molecule has 0 fully saturated rings. The molecule has 0 aliphatic heterocycles. The van der Waals surface area contributed by atoms with Crippen molar-refractivity contribution in [3.8, 4) is 5.69 Å². The van der Waals surface area contributed by atoms with Gasteiger partial charge in [0.25, 0.3) is 17.4 Å². The summed E-state index contributed by atoms with van der Waals surface area (Å²) in [4.78, 5) is 49.8. The Hall–Kier alpha value is -4.31. The van der Waals surface area contributed by atoms with Crippen molar-refractivity contribution in [3.05, 3.63) is 93.0 Å². The number of nitrogens with one attached hydrogen (secondary N) is 2. The summed E-state index contributed by atoms with van der Waals surface area (Å²) in [5.41, 5.74) is 4.39. The largest absolute Gasteiger partial charge is 0.451 e. The van der Waals surface area contributed by atoms with Crippen molar-refractivity contribution >= 4 is 39.9 Å². The molecule has 0 unspecified atom stereocenters. The maximum Gasteiger partial charge on any atom is 0.359 e. The highest BCUT2D eigenvalue weighted by atomic mass is 32.1. The van der Waals surface area contributed by atoms with Crippen LogP contribution in [0.1, 0.15) is 20.2 Å². The molecule has 160 valence electrons. The second-order valence-corrected chi connectivity index (χ2v) is 7.45. The number of nitrogens with zero attached hydrogens (tertiary/aromatic N) is 2. The van der Waals surface area contributed by atoms with E-state index in [-0.39, 0.29) is 11.1 Å². The van der Waals surface area contributed by atoms with E-state index in [4.69, 9.17) is 4.74 Å². The summed E-state index contributed by atoms with van der Waals surface area (Å²) in [5, 5.41) is 6.50. The van der Waals surface area contributed by atoms with Crippen molar-refractivity contribution in [2.75, 3.05) is 6.61 Å². The van der Waals surface area contributed by atoms with Crippen LogP contribution >= 0.6 is 11.3 Å². The number of esters is 1. The average molecular weight is 448 g/mol. The molecule has 0 spiro atoms.